The molecule has 1 aromatic carbocycles. The van der Waals surface area contributed by atoms with Crippen molar-refractivity contribution in [1.82, 2.24) is 14.8 Å². The van der Waals surface area contributed by atoms with E-state index in [0.717, 1.165) is 11.3 Å². The van der Waals surface area contributed by atoms with Gasteiger partial charge in [-0.1, -0.05) is 18.2 Å². The Kier molecular flexibility index (Phi) is 2.98. The van der Waals surface area contributed by atoms with Gasteiger partial charge in [0, 0.05) is 13.0 Å². The largest absolute Gasteiger partial charge is 0.482 e. The lowest BCUT2D eigenvalue weighted by atomic mass is 10.1. The first-order chi connectivity index (χ1) is 9.50. The van der Waals surface area contributed by atoms with Crippen LogP contribution in [0.25, 0.3) is 0 Å². The zero-order chi connectivity index (χ0) is 14.3. The van der Waals surface area contributed by atoms with Crippen molar-refractivity contribution >= 4 is 10.0 Å². The maximum Gasteiger partial charge on any atom is 0.273 e. The van der Waals surface area contributed by atoms with Crippen LogP contribution in [0.5, 0.6) is 5.75 Å². The van der Waals surface area contributed by atoms with Crippen LogP contribution in [0.1, 0.15) is 24.4 Å². The Balaban J connectivity index is 2.00. The summed E-state index contributed by atoms with van der Waals surface area (Å²) < 4.78 is 30.2. The molecule has 0 saturated heterocycles. The van der Waals surface area contributed by atoms with Crippen molar-refractivity contribution in [3.63, 3.8) is 0 Å². The average molecular weight is 294 g/mol. The van der Waals surface area contributed by atoms with Crippen LogP contribution in [0.3, 0.4) is 0 Å². The fourth-order valence-corrected chi connectivity index (χ4v) is 3.06. The minimum absolute atomic E-state index is 0.227. The summed E-state index contributed by atoms with van der Waals surface area (Å²) in [5, 5.41) is 12.5. The van der Waals surface area contributed by atoms with Gasteiger partial charge in [0.05, 0.1) is 0 Å². The molecule has 3 rings (SSSR count). The molecular formula is C12H14N4O3S. The lowest BCUT2D eigenvalue weighted by Gasteiger charge is -2.11. The SMILES string of the molecule is CCn1c(C2Cc3ccccc3O2)nnc1S(N)(=O)=O. The summed E-state index contributed by atoms with van der Waals surface area (Å²) in [7, 11) is -3.89. The van der Waals surface area contributed by atoms with E-state index in [4.69, 9.17) is 9.88 Å². The van der Waals surface area contributed by atoms with Gasteiger partial charge in [0.15, 0.2) is 11.9 Å². The standard InChI is InChI=1S/C12H14N4O3S/c1-2-16-11(14-15-12(16)20(13,17)18)10-7-8-5-3-4-6-9(8)19-10/h3-6,10H,2,7H2,1H3,(H2,13,17,18). The van der Waals surface area contributed by atoms with Crippen molar-refractivity contribution in [2.45, 2.75) is 31.1 Å². The van der Waals surface area contributed by atoms with Crippen LogP contribution in [0.4, 0.5) is 0 Å². The van der Waals surface area contributed by atoms with Gasteiger partial charge in [-0.25, -0.2) is 13.6 Å². The molecule has 2 N–H and O–H groups in total. The minimum Gasteiger partial charge on any atom is -0.482 e. The van der Waals surface area contributed by atoms with E-state index >= 15 is 0 Å². The van der Waals surface area contributed by atoms with Crippen molar-refractivity contribution in [3.05, 3.63) is 35.7 Å². The Morgan fingerprint density at radius 3 is 2.80 bits per heavy atom. The molecule has 1 atom stereocenters. The van der Waals surface area contributed by atoms with Gasteiger partial charge in [0.1, 0.15) is 5.75 Å². The highest BCUT2D eigenvalue weighted by atomic mass is 32.2. The third-order valence-corrected chi connectivity index (χ3v) is 4.06. The number of aromatic nitrogens is 3. The molecule has 0 amide bonds. The Morgan fingerprint density at radius 2 is 2.15 bits per heavy atom. The van der Waals surface area contributed by atoms with Crippen LogP contribution >= 0.6 is 0 Å². The molecule has 0 radical (unpaired) electrons. The number of nitrogens with two attached hydrogens (primary N) is 1. The summed E-state index contributed by atoms with van der Waals surface area (Å²) in [4.78, 5) is 0. The van der Waals surface area contributed by atoms with Gasteiger partial charge in [-0.15, -0.1) is 10.2 Å². The van der Waals surface area contributed by atoms with Crippen LogP contribution < -0.4 is 9.88 Å². The molecule has 8 heteroatoms. The summed E-state index contributed by atoms with van der Waals surface area (Å²) >= 11 is 0. The molecule has 2 aromatic rings. The molecule has 0 fully saturated rings. The minimum atomic E-state index is -3.89. The molecule has 0 spiro atoms. The molecule has 20 heavy (non-hydrogen) atoms. The van der Waals surface area contributed by atoms with Gasteiger partial charge in [-0.05, 0) is 18.6 Å². The second kappa shape index (κ2) is 4.57. The number of benzene rings is 1. The third kappa shape index (κ3) is 2.06. The van der Waals surface area contributed by atoms with Gasteiger partial charge in [-0.3, -0.25) is 4.57 Å². The molecular weight excluding hydrogens is 280 g/mol. The van der Waals surface area contributed by atoms with Crippen molar-refractivity contribution in [2.24, 2.45) is 5.14 Å². The van der Waals surface area contributed by atoms with Crippen molar-refractivity contribution in [1.29, 1.82) is 0 Å². The van der Waals surface area contributed by atoms with Crippen LogP contribution in [0.2, 0.25) is 0 Å². The van der Waals surface area contributed by atoms with E-state index in [0.29, 0.717) is 18.8 Å². The Bertz CT molecular complexity index is 729. The maximum absolute atomic E-state index is 11.5. The van der Waals surface area contributed by atoms with E-state index in [-0.39, 0.29) is 11.3 Å². The predicted molar refractivity (Wildman–Crippen MR) is 70.6 cm³/mol. The number of nitrogens with zero attached hydrogens (tertiary/aromatic N) is 3. The molecule has 0 saturated carbocycles. The molecule has 106 valence electrons. The van der Waals surface area contributed by atoms with Crippen LogP contribution in [0, 0.1) is 0 Å². The zero-order valence-corrected chi connectivity index (χ0v) is 11.7. The molecule has 7 nitrogen and oxygen atoms in total. The molecule has 0 bridgehead atoms. The lowest BCUT2D eigenvalue weighted by Crippen LogP contribution is -2.20. The van der Waals surface area contributed by atoms with Crippen molar-refractivity contribution in [2.75, 3.05) is 0 Å². The van der Waals surface area contributed by atoms with E-state index in [2.05, 4.69) is 10.2 Å². The third-order valence-electron chi connectivity index (χ3n) is 3.25. The number of ether oxygens (including phenoxy) is 1. The second-order valence-corrected chi connectivity index (χ2v) is 6.00. The van der Waals surface area contributed by atoms with Gasteiger partial charge in [-0.2, -0.15) is 0 Å². The Morgan fingerprint density at radius 1 is 1.40 bits per heavy atom. The summed E-state index contributed by atoms with van der Waals surface area (Å²) in [5.41, 5.74) is 1.07. The van der Waals surface area contributed by atoms with Crippen LogP contribution in [0.15, 0.2) is 29.4 Å². The summed E-state index contributed by atoms with van der Waals surface area (Å²) in [6.07, 6.45) is 0.300. The van der Waals surface area contributed by atoms with Gasteiger partial charge < -0.3 is 4.74 Å². The molecule has 0 aliphatic carbocycles. The quantitative estimate of drug-likeness (QED) is 0.894. The zero-order valence-electron chi connectivity index (χ0n) is 10.9. The highest BCUT2D eigenvalue weighted by Crippen LogP contribution is 2.35. The maximum atomic E-state index is 11.5. The highest BCUT2D eigenvalue weighted by molar-refractivity contribution is 7.89. The second-order valence-electron chi connectivity index (χ2n) is 4.55. The van der Waals surface area contributed by atoms with Gasteiger partial charge >= 0.3 is 0 Å². The number of rotatable bonds is 3. The van der Waals surface area contributed by atoms with Crippen molar-refractivity contribution in [3.8, 4) is 5.75 Å². The predicted octanol–water partition coefficient (Wildman–Crippen LogP) is 0.622. The highest BCUT2D eigenvalue weighted by Gasteiger charge is 2.31. The average Bonchev–Trinajstić information content (AvgIpc) is 3.00. The van der Waals surface area contributed by atoms with Crippen LogP contribution in [-0.2, 0) is 23.0 Å². The molecule has 1 unspecified atom stereocenters. The Labute approximate surface area is 116 Å². The molecule has 1 aliphatic rings. The number of fused-ring (bicyclic) bond motifs is 1. The fourth-order valence-electron chi connectivity index (χ4n) is 2.37. The van der Waals surface area contributed by atoms with Crippen LogP contribution in [-0.4, -0.2) is 23.2 Å². The number of hydrogen-bond acceptors (Lipinski definition) is 5. The summed E-state index contributed by atoms with van der Waals surface area (Å²) in [5.74, 6) is 1.27. The van der Waals surface area contributed by atoms with E-state index in [1.807, 2.05) is 31.2 Å². The number of para-hydroxylation sites is 1. The van der Waals surface area contributed by atoms with E-state index in [9.17, 15) is 8.42 Å². The van der Waals surface area contributed by atoms with Gasteiger partial charge in [0.25, 0.3) is 15.2 Å². The van der Waals surface area contributed by atoms with Gasteiger partial charge in [0.2, 0.25) is 0 Å². The Hall–Kier alpha value is -1.93. The number of sulfonamides is 1. The fraction of sp³-hybridized carbons (Fsp3) is 0.333. The normalized spacial score (nSPS) is 17.8. The first kappa shape index (κ1) is 13.1. The lowest BCUT2D eigenvalue weighted by molar-refractivity contribution is 0.220. The molecule has 1 aliphatic heterocycles. The van der Waals surface area contributed by atoms with E-state index in [1.54, 1.807) is 0 Å². The monoisotopic (exact) mass is 294 g/mol. The smallest absolute Gasteiger partial charge is 0.273 e. The number of hydrogen-bond donors (Lipinski definition) is 1. The van der Waals surface area contributed by atoms with E-state index < -0.39 is 10.0 Å². The first-order valence-corrected chi connectivity index (χ1v) is 7.75. The number of primary sulfonamides is 1. The topological polar surface area (TPSA) is 100 Å². The summed E-state index contributed by atoms with van der Waals surface area (Å²) in [6.45, 7) is 2.22. The molecule has 1 aromatic heterocycles. The first-order valence-electron chi connectivity index (χ1n) is 6.21. The van der Waals surface area contributed by atoms with Crippen molar-refractivity contribution < 1.29 is 13.2 Å². The van der Waals surface area contributed by atoms with E-state index in [1.165, 1.54) is 4.57 Å². The summed E-state index contributed by atoms with van der Waals surface area (Å²) in [6, 6.07) is 7.68. The molecule has 2 heterocycles.